The van der Waals surface area contributed by atoms with Crippen LogP contribution in [0.1, 0.15) is 6.92 Å². The molecule has 2 heterocycles. The Hall–Kier alpha value is -2.77. The first kappa shape index (κ1) is 17.1. The molecule has 1 saturated heterocycles. The van der Waals surface area contributed by atoms with Gasteiger partial charge in [-0.1, -0.05) is 12.1 Å². The number of para-hydroxylation sites is 2. The maximum absolute atomic E-state index is 12.3. The van der Waals surface area contributed by atoms with Crippen LogP contribution in [0.4, 0.5) is 11.5 Å². The molecule has 1 aliphatic rings. The third-order valence-electron chi connectivity index (χ3n) is 4.39. The number of piperazine rings is 1. The summed E-state index contributed by atoms with van der Waals surface area (Å²) >= 11 is 0. The van der Waals surface area contributed by atoms with Gasteiger partial charge in [0.1, 0.15) is 5.75 Å². The highest BCUT2D eigenvalue weighted by Gasteiger charge is 2.23. The molecule has 0 radical (unpaired) electrons. The van der Waals surface area contributed by atoms with E-state index in [4.69, 9.17) is 4.74 Å². The average Bonchev–Trinajstić information content (AvgIpc) is 2.64. The van der Waals surface area contributed by atoms with E-state index in [2.05, 4.69) is 10.00 Å². The average molecular weight is 345 g/mol. The van der Waals surface area contributed by atoms with Crippen LogP contribution in [0.3, 0.4) is 0 Å². The van der Waals surface area contributed by atoms with Crippen molar-refractivity contribution < 1.29 is 4.74 Å². The molecule has 0 saturated carbocycles. The van der Waals surface area contributed by atoms with Gasteiger partial charge in [0.15, 0.2) is 0 Å². The summed E-state index contributed by atoms with van der Waals surface area (Å²) in [5.74, 6) is 1.19. The monoisotopic (exact) mass is 345 g/mol. The van der Waals surface area contributed by atoms with E-state index in [1.54, 1.807) is 7.05 Å². The van der Waals surface area contributed by atoms with Crippen LogP contribution in [0.5, 0.6) is 5.75 Å². The first-order chi connectivity index (χ1) is 12.0. The SMILES string of the molecule is CCOc1ccccc1N1CCN(c2nn(C)c(=O)n(C)c2=O)CC1. The van der Waals surface area contributed by atoms with Crippen molar-refractivity contribution in [1.29, 1.82) is 0 Å². The van der Waals surface area contributed by atoms with Crippen LogP contribution in [-0.4, -0.2) is 47.1 Å². The standard InChI is InChI=1S/C17H23N5O3/c1-4-25-14-8-6-5-7-13(14)21-9-11-22(12-10-21)15-16(23)19(2)17(24)20(3)18-15/h5-8H,4,9-12H2,1-3H3. The van der Waals surface area contributed by atoms with Gasteiger partial charge in [0.05, 0.1) is 12.3 Å². The molecule has 1 aliphatic heterocycles. The largest absolute Gasteiger partial charge is 0.492 e. The molecule has 0 atom stereocenters. The van der Waals surface area contributed by atoms with Crippen molar-refractivity contribution in [2.45, 2.75) is 6.92 Å². The lowest BCUT2D eigenvalue weighted by Crippen LogP contribution is -2.51. The van der Waals surface area contributed by atoms with Crippen molar-refractivity contribution in [2.24, 2.45) is 14.1 Å². The van der Waals surface area contributed by atoms with Gasteiger partial charge < -0.3 is 14.5 Å². The Morgan fingerprint density at radius 3 is 2.36 bits per heavy atom. The maximum Gasteiger partial charge on any atom is 0.346 e. The molecule has 0 bridgehead atoms. The predicted molar refractivity (Wildman–Crippen MR) is 96.8 cm³/mol. The Morgan fingerprint density at radius 1 is 1.04 bits per heavy atom. The Morgan fingerprint density at radius 2 is 1.68 bits per heavy atom. The van der Waals surface area contributed by atoms with Gasteiger partial charge in [0, 0.05) is 40.3 Å². The summed E-state index contributed by atoms with van der Waals surface area (Å²) in [6, 6.07) is 7.97. The smallest absolute Gasteiger partial charge is 0.346 e. The van der Waals surface area contributed by atoms with Crippen LogP contribution in [0, 0.1) is 0 Å². The molecule has 1 aromatic carbocycles. The molecule has 0 unspecified atom stereocenters. The molecule has 0 spiro atoms. The number of benzene rings is 1. The van der Waals surface area contributed by atoms with E-state index in [0.717, 1.165) is 29.1 Å². The van der Waals surface area contributed by atoms with Gasteiger partial charge in [0.2, 0.25) is 5.82 Å². The second-order valence-electron chi connectivity index (χ2n) is 5.97. The van der Waals surface area contributed by atoms with Crippen LogP contribution in [-0.2, 0) is 14.1 Å². The summed E-state index contributed by atoms with van der Waals surface area (Å²) in [5.41, 5.74) is 0.287. The fourth-order valence-electron chi connectivity index (χ4n) is 3.04. The van der Waals surface area contributed by atoms with E-state index in [9.17, 15) is 9.59 Å². The Labute approximate surface area is 145 Å². The fraction of sp³-hybridized carbons (Fsp3) is 0.471. The zero-order chi connectivity index (χ0) is 18.0. The van der Waals surface area contributed by atoms with Gasteiger partial charge in [-0.3, -0.25) is 9.36 Å². The van der Waals surface area contributed by atoms with Gasteiger partial charge in [-0.2, -0.15) is 0 Å². The first-order valence-corrected chi connectivity index (χ1v) is 8.39. The minimum Gasteiger partial charge on any atom is -0.492 e. The maximum atomic E-state index is 12.3. The van der Waals surface area contributed by atoms with Crippen LogP contribution < -0.4 is 25.8 Å². The van der Waals surface area contributed by atoms with Crippen molar-refractivity contribution in [3.8, 4) is 5.75 Å². The van der Waals surface area contributed by atoms with Gasteiger partial charge in [0.25, 0.3) is 5.56 Å². The number of aromatic nitrogens is 3. The summed E-state index contributed by atoms with van der Waals surface area (Å²) in [6.45, 7) is 5.39. The molecule has 1 fully saturated rings. The zero-order valence-electron chi connectivity index (χ0n) is 14.8. The molecule has 2 aromatic rings. The summed E-state index contributed by atoms with van der Waals surface area (Å²) in [4.78, 5) is 28.3. The zero-order valence-corrected chi connectivity index (χ0v) is 14.8. The lowest BCUT2D eigenvalue weighted by Gasteiger charge is -2.36. The summed E-state index contributed by atoms with van der Waals surface area (Å²) in [5, 5.41) is 4.16. The summed E-state index contributed by atoms with van der Waals surface area (Å²) in [6.07, 6.45) is 0. The van der Waals surface area contributed by atoms with Crippen molar-refractivity contribution in [3.63, 3.8) is 0 Å². The molecule has 1 aromatic heterocycles. The Kier molecular flexibility index (Phi) is 4.78. The molecule has 8 heteroatoms. The number of nitrogens with zero attached hydrogens (tertiary/aromatic N) is 5. The molecule has 25 heavy (non-hydrogen) atoms. The van der Waals surface area contributed by atoms with Gasteiger partial charge >= 0.3 is 5.69 Å². The highest BCUT2D eigenvalue weighted by Crippen LogP contribution is 2.29. The summed E-state index contributed by atoms with van der Waals surface area (Å²) in [7, 11) is 3.03. The van der Waals surface area contributed by atoms with Crippen LogP contribution in [0.25, 0.3) is 0 Å². The van der Waals surface area contributed by atoms with Crippen LogP contribution in [0.15, 0.2) is 33.9 Å². The van der Waals surface area contributed by atoms with Gasteiger partial charge in [-0.15, -0.1) is 5.10 Å². The number of anilines is 2. The second-order valence-corrected chi connectivity index (χ2v) is 5.97. The molecule has 3 rings (SSSR count). The van der Waals surface area contributed by atoms with Gasteiger partial charge in [-0.05, 0) is 19.1 Å². The Bertz CT molecular complexity index is 865. The fourth-order valence-corrected chi connectivity index (χ4v) is 3.04. The number of ether oxygens (including phenoxy) is 1. The highest BCUT2D eigenvalue weighted by molar-refractivity contribution is 5.59. The molecule has 134 valence electrons. The van der Waals surface area contributed by atoms with Crippen molar-refractivity contribution in [3.05, 3.63) is 45.1 Å². The number of rotatable bonds is 4. The van der Waals surface area contributed by atoms with Crippen LogP contribution in [0.2, 0.25) is 0 Å². The number of hydrogen-bond acceptors (Lipinski definition) is 6. The lowest BCUT2D eigenvalue weighted by atomic mass is 10.2. The third kappa shape index (κ3) is 3.24. The second kappa shape index (κ2) is 7.00. The number of hydrogen-bond donors (Lipinski definition) is 0. The quantitative estimate of drug-likeness (QED) is 0.789. The van der Waals surface area contributed by atoms with Crippen molar-refractivity contribution >= 4 is 11.5 Å². The molecular weight excluding hydrogens is 322 g/mol. The van der Waals surface area contributed by atoms with E-state index in [1.165, 1.54) is 11.7 Å². The van der Waals surface area contributed by atoms with Gasteiger partial charge in [-0.25, -0.2) is 9.48 Å². The predicted octanol–water partition coefficient (Wildman–Crippen LogP) is 0.204. The molecule has 0 aliphatic carbocycles. The van der Waals surface area contributed by atoms with Crippen molar-refractivity contribution in [2.75, 3.05) is 42.6 Å². The van der Waals surface area contributed by atoms with E-state index in [-0.39, 0.29) is 5.56 Å². The van der Waals surface area contributed by atoms with E-state index >= 15 is 0 Å². The molecule has 0 amide bonds. The third-order valence-corrected chi connectivity index (χ3v) is 4.39. The Balaban J connectivity index is 1.79. The molecular formula is C17H23N5O3. The minimum atomic E-state index is -0.418. The van der Waals surface area contributed by atoms with E-state index < -0.39 is 5.69 Å². The molecule has 0 N–H and O–H groups in total. The topological polar surface area (TPSA) is 72.6 Å². The highest BCUT2D eigenvalue weighted by atomic mass is 16.5. The van der Waals surface area contributed by atoms with Crippen LogP contribution >= 0.6 is 0 Å². The summed E-state index contributed by atoms with van der Waals surface area (Å²) < 4.78 is 8.00. The number of aryl methyl sites for hydroxylation is 1. The normalized spacial score (nSPS) is 14.7. The lowest BCUT2D eigenvalue weighted by molar-refractivity contribution is 0.340. The van der Waals surface area contributed by atoms with E-state index in [0.29, 0.717) is 25.5 Å². The van der Waals surface area contributed by atoms with E-state index in [1.807, 2.05) is 36.1 Å². The molecule has 8 nitrogen and oxygen atoms in total. The minimum absolute atomic E-state index is 0.322. The first-order valence-electron chi connectivity index (χ1n) is 8.39. The van der Waals surface area contributed by atoms with Crippen molar-refractivity contribution in [1.82, 2.24) is 14.3 Å².